The minimum Gasteiger partial charge on any atom is -0.381 e. The molecule has 0 aliphatic carbocycles. The van der Waals surface area contributed by atoms with Gasteiger partial charge in [0.05, 0.1) is 0 Å². The van der Waals surface area contributed by atoms with Crippen LogP contribution in [-0.2, 0) is 5.88 Å². The molecule has 0 aromatic heterocycles. The van der Waals surface area contributed by atoms with Crippen LogP contribution in [0.4, 0.5) is 5.69 Å². The van der Waals surface area contributed by atoms with Gasteiger partial charge in [0.25, 0.3) is 0 Å². The van der Waals surface area contributed by atoms with Crippen molar-refractivity contribution in [2.24, 2.45) is 0 Å². The summed E-state index contributed by atoms with van der Waals surface area (Å²) in [5, 5.41) is 3.21. The molecule has 0 saturated carbocycles. The third kappa shape index (κ3) is 2.28. The molecule has 0 heterocycles. The van der Waals surface area contributed by atoms with Crippen molar-refractivity contribution in [2.75, 3.05) is 11.9 Å². The van der Waals surface area contributed by atoms with Crippen LogP contribution in [0.5, 0.6) is 0 Å². The Labute approximate surface area is 78.1 Å². The summed E-state index contributed by atoms with van der Waals surface area (Å²) in [4.78, 5) is 0. The normalized spacial score (nSPS) is 9.42. The summed E-state index contributed by atoms with van der Waals surface area (Å²) in [6.07, 6.45) is 1.82. The van der Waals surface area contributed by atoms with Crippen LogP contribution in [0.2, 0.25) is 0 Å². The van der Waals surface area contributed by atoms with Crippen LogP contribution in [0.25, 0.3) is 0 Å². The van der Waals surface area contributed by atoms with E-state index in [2.05, 4.69) is 11.9 Å². The highest BCUT2D eigenvalue weighted by molar-refractivity contribution is 6.17. The van der Waals surface area contributed by atoms with Gasteiger partial charge in [0.1, 0.15) is 0 Å². The molecule has 1 aromatic rings. The highest BCUT2D eigenvalue weighted by Crippen LogP contribution is 2.16. The molecule has 0 atom stereocenters. The van der Waals surface area contributed by atoms with Crippen molar-refractivity contribution < 1.29 is 0 Å². The van der Waals surface area contributed by atoms with Gasteiger partial charge in [-0.05, 0) is 11.6 Å². The maximum atomic E-state index is 5.75. The van der Waals surface area contributed by atoms with E-state index in [1.54, 1.807) is 0 Å². The van der Waals surface area contributed by atoms with Crippen LogP contribution in [0.15, 0.2) is 36.9 Å². The van der Waals surface area contributed by atoms with E-state index in [9.17, 15) is 0 Å². The van der Waals surface area contributed by atoms with Crippen molar-refractivity contribution in [2.45, 2.75) is 5.88 Å². The Kier molecular flexibility index (Phi) is 3.68. The number of hydrogen-bond acceptors (Lipinski definition) is 1. The minimum atomic E-state index is 0.542. The summed E-state index contributed by atoms with van der Waals surface area (Å²) in [6.45, 7) is 4.41. The summed E-state index contributed by atoms with van der Waals surface area (Å²) in [7, 11) is 0. The van der Waals surface area contributed by atoms with E-state index in [0.717, 1.165) is 17.8 Å². The monoisotopic (exact) mass is 181 g/mol. The Morgan fingerprint density at radius 1 is 1.42 bits per heavy atom. The lowest BCUT2D eigenvalue weighted by molar-refractivity contribution is 1.29. The van der Waals surface area contributed by atoms with Crippen molar-refractivity contribution in [1.82, 2.24) is 0 Å². The molecule has 64 valence electrons. The molecule has 0 aliphatic rings. The molecule has 0 radical (unpaired) electrons. The second-order valence-electron chi connectivity index (χ2n) is 2.46. The lowest BCUT2D eigenvalue weighted by atomic mass is 10.2. The van der Waals surface area contributed by atoms with Gasteiger partial charge in [-0.2, -0.15) is 0 Å². The predicted octanol–water partition coefficient (Wildman–Crippen LogP) is 3.02. The summed E-state index contributed by atoms with van der Waals surface area (Å²) >= 11 is 5.75. The number of anilines is 1. The van der Waals surface area contributed by atoms with Gasteiger partial charge >= 0.3 is 0 Å². The summed E-state index contributed by atoms with van der Waals surface area (Å²) < 4.78 is 0. The zero-order valence-electron chi connectivity index (χ0n) is 6.89. The highest BCUT2D eigenvalue weighted by atomic mass is 35.5. The molecule has 1 aromatic carbocycles. The molecule has 0 saturated heterocycles. The van der Waals surface area contributed by atoms with E-state index < -0.39 is 0 Å². The van der Waals surface area contributed by atoms with E-state index in [0.29, 0.717) is 5.88 Å². The average Bonchev–Trinajstić information content (AvgIpc) is 2.15. The van der Waals surface area contributed by atoms with E-state index in [4.69, 9.17) is 11.6 Å². The maximum Gasteiger partial charge on any atom is 0.0494 e. The first kappa shape index (κ1) is 9.14. The second kappa shape index (κ2) is 4.83. The summed E-state index contributed by atoms with van der Waals surface area (Å²) in [6, 6.07) is 8.00. The zero-order valence-corrected chi connectivity index (χ0v) is 7.64. The van der Waals surface area contributed by atoms with Gasteiger partial charge in [-0.15, -0.1) is 18.2 Å². The van der Waals surface area contributed by atoms with Gasteiger partial charge < -0.3 is 5.32 Å². The van der Waals surface area contributed by atoms with E-state index >= 15 is 0 Å². The Bertz CT molecular complexity index is 258. The van der Waals surface area contributed by atoms with Crippen molar-refractivity contribution in [1.29, 1.82) is 0 Å². The number of rotatable bonds is 4. The van der Waals surface area contributed by atoms with E-state index in [-0.39, 0.29) is 0 Å². The Hall–Kier alpha value is -0.950. The quantitative estimate of drug-likeness (QED) is 0.556. The fourth-order valence-electron chi connectivity index (χ4n) is 0.991. The molecule has 0 unspecified atom stereocenters. The molecule has 1 N–H and O–H groups in total. The zero-order chi connectivity index (χ0) is 8.81. The fourth-order valence-corrected chi connectivity index (χ4v) is 1.22. The second-order valence-corrected chi connectivity index (χ2v) is 2.73. The van der Waals surface area contributed by atoms with Gasteiger partial charge in [0, 0.05) is 18.1 Å². The molecule has 1 rings (SSSR count). The summed E-state index contributed by atoms with van der Waals surface area (Å²) in [5.41, 5.74) is 2.22. The maximum absolute atomic E-state index is 5.75. The van der Waals surface area contributed by atoms with Crippen molar-refractivity contribution >= 4 is 17.3 Å². The molecule has 12 heavy (non-hydrogen) atoms. The standard InChI is InChI=1S/C10H12ClN/c1-2-7-12-10-6-4-3-5-9(10)8-11/h2-6,12H,1,7-8H2. The summed E-state index contributed by atoms with van der Waals surface area (Å²) in [5.74, 6) is 0.542. The van der Waals surface area contributed by atoms with Crippen LogP contribution < -0.4 is 5.32 Å². The minimum absolute atomic E-state index is 0.542. The Balaban J connectivity index is 2.74. The van der Waals surface area contributed by atoms with Gasteiger partial charge in [-0.3, -0.25) is 0 Å². The Morgan fingerprint density at radius 2 is 2.17 bits per heavy atom. The number of para-hydroxylation sites is 1. The number of benzene rings is 1. The lowest BCUT2D eigenvalue weighted by Gasteiger charge is -2.07. The van der Waals surface area contributed by atoms with Gasteiger partial charge in [0.15, 0.2) is 0 Å². The molecule has 0 aliphatic heterocycles. The number of halogens is 1. The van der Waals surface area contributed by atoms with Crippen LogP contribution >= 0.6 is 11.6 Å². The van der Waals surface area contributed by atoms with Gasteiger partial charge in [-0.1, -0.05) is 24.3 Å². The topological polar surface area (TPSA) is 12.0 Å². The average molecular weight is 182 g/mol. The molecule has 0 spiro atoms. The molecular formula is C10H12ClN. The molecule has 0 fully saturated rings. The lowest BCUT2D eigenvalue weighted by Crippen LogP contribution is -2.00. The van der Waals surface area contributed by atoms with Crippen LogP contribution in [0, 0.1) is 0 Å². The van der Waals surface area contributed by atoms with Crippen LogP contribution in [0.1, 0.15) is 5.56 Å². The van der Waals surface area contributed by atoms with Crippen molar-refractivity contribution in [3.63, 3.8) is 0 Å². The third-order valence-electron chi connectivity index (χ3n) is 1.60. The fraction of sp³-hybridized carbons (Fsp3) is 0.200. The first-order valence-electron chi connectivity index (χ1n) is 3.87. The Morgan fingerprint density at radius 3 is 2.83 bits per heavy atom. The predicted molar refractivity (Wildman–Crippen MR) is 54.7 cm³/mol. The largest absolute Gasteiger partial charge is 0.381 e. The van der Waals surface area contributed by atoms with Gasteiger partial charge in [0.2, 0.25) is 0 Å². The number of nitrogens with one attached hydrogen (secondary N) is 1. The van der Waals surface area contributed by atoms with Crippen LogP contribution in [-0.4, -0.2) is 6.54 Å². The molecular weight excluding hydrogens is 170 g/mol. The van der Waals surface area contributed by atoms with Crippen molar-refractivity contribution in [3.05, 3.63) is 42.5 Å². The molecule has 2 heteroatoms. The van der Waals surface area contributed by atoms with E-state index in [1.165, 1.54) is 0 Å². The van der Waals surface area contributed by atoms with Crippen LogP contribution in [0.3, 0.4) is 0 Å². The van der Waals surface area contributed by atoms with E-state index in [1.807, 2.05) is 30.3 Å². The van der Waals surface area contributed by atoms with Crippen molar-refractivity contribution in [3.8, 4) is 0 Å². The first-order valence-corrected chi connectivity index (χ1v) is 4.40. The third-order valence-corrected chi connectivity index (χ3v) is 1.89. The smallest absolute Gasteiger partial charge is 0.0494 e. The SMILES string of the molecule is C=CCNc1ccccc1CCl. The molecule has 0 amide bonds. The molecule has 1 nitrogen and oxygen atoms in total. The van der Waals surface area contributed by atoms with Gasteiger partial charge in [-0.25, -0.2) is 0 Å². The molecule has 0 bridgehead atoms. The first-order chi connectivity index (χ1) is 5.88. The number of hydrogen-bond donors (Lipinski definition) is 1. The number of alkyl halides is 1. The highest BCUT2D eigenvalue weighted by Gasteiger charge is 1.96.